The van der Waals surface area contributed by atoms with Crippen molar-refractivity contribution in [2.45, 2.75) is 46.2 Å². The fraction of sp³-hybridized carbons (Fsp3) is 0.647. The molecule has 0 saturated carbocycles. The summed E-state index contributed by atoms with van der Waals surface area (Å²) in [4.78, 5) is 2.58. The molecule has 1 fully saturated rings. The summed E-state index contributed by atoms with van der Waals surface area (Å²) in [7, 11) is 0. The summed E-state index contributed by atoms with van der Waals surface area (Å²) >= 11 is 0. The molecular formula is C17H28N2. The van der Waals surface area contributed by atoms with Gasteiger partial charge in [0.05, 0.1) is 0 Å². The third-order valence-corrected chi connectivity index (χ3v) is 4.48. The minimum atomic E-state index is 0.168. The highest BCUT2D eigenvalue weighted by atomic mass is 15.2. The molecule has 2 rings (SSSR count). The third kappa shape index (κ3) is 3.37. The molecular weight excluding hydrogens is 232 g/mol. The second-order valence-corrected chi connectivity index (χ2v) is 7.06. The van der Waals surface area contributed by atoms with Crippen molar-refractivity contribution in [3.05, 3.63) is 35.9 Å². The predicted molar refractivity (Wildman–Crippen MR) is 82.0 cm³/mol. The van der Waals surface area contributed by atoms with Gasteiger partial charge in [0.25, 0.3) is 0 Å². The smallest absolute Gasteiger partial charge is 0.0496 e. The Labute approximate surface area is 118 Å². The van der Waals surface area contributed by atoms with E-state index in [0.29, 0.717) is 11.5 Å². The van der Waals surface area contributed by atoms with Crippen LogP contribution in [0.25, 0.3) is 0 Å². The van der Waals surface area contributed by atoms with Crippen molar-refractivity contribution in [2.24, 2.45) is 17.1 Å². The lowest BCUT2D eigenvalue weighted by Crippen LogP contribution is -2.39. The maximum absolute atomic E-state index is 6.26. The quantitative estimate of drug-likeness (QED) is 0.902. The molecule has 0 amide bonds. The Kier molecular flexibility index (Phi) is 4.32. The number of benzene rings is 1. The van der Waals surface area contributed by atoms with Crippen molar-refractivity contribution < 1.29 is 0 Å². The molecule has 0 aromatic heterocycles. The summed E-state index contributed by atoms with van der Waals surface area (Å²) in [6, 6.07) is 11.2. The van der Waals surface area contributed by atoms with Crippen LogP contribution in [0.2, 0.25) is 0 Å². The molecule has 2 nitrogen and oxygen atoms in total. The third-order valence-electron chi connectivity index (χ3n) is 4.48. The van der Waals surface area contributed by atoms with Crippen LogP contribution in [0.3, 0.4) is 0 Å². The Morgan fingerprint density at radius 3 is 2.32 bits per heavy atom. The molecule has 2 N–H and O–H groups in total. The lowest BCUT2D eigenvalue weighted by atomic mass is 9.80. The van der Waals surface area contributed by atoms with E-state index in [0.717, 1.165) is 5.92 Å². The summed E-state index contributed by atoms with van der Waals surface area (Å²) in [5.41, 5.74) is 8.01. The molecule has 1 aliphatic rings. The van der Waals surface area contributed by atoms with Gasteiger partial charge >= 0.3 is 0 Å². The van der Waals surface area contributed by atoms with Crippen LogP contribution in [0, 0.1) is 11.3 Å². The zero-order valence-electron chi connectivity index (χ0n) is 12.8. The summed E-state index contributed by atoms with van der Waals surface area (Å²) in [5.74, 6) is 0.775. The van der Waals surface area contributed by atoms with Crippen molar-refractivity contribution in [2.75, 3.05) is 13.1 Å². The maximum Gasteiger partial charge on any atom is 0.0496 e. The minimum absolute atomic E-state index is 0.168. The van der Waals surface area contributed by atoms with Gasteiger partial charge in [-0.15, -0.1) is 0 Å². The lowest BCUT2D eigenvalue weighted by Gasteiger charge is -2.33. The van der Waals surface area contributed by atoms with E-state index in [1.165, 1.54) is 25.1 Å². The topological polar surface area (TPSA) is 29.3 Å². The van der Waals surface area contributed by atoms with Crippen LogP contribution in [-0.4, -0.2) is 24.0 Å². The average Bonchev–Trinajstić information content (AvgIpc) is 2.79. The van der Waals surface area contributed by atoms with Gasteiger partial charge in [0.1, 0.15) is 0 Å². The van der Waals surface area contributed by atoms with Gasteiger partial charge in [-0.25, -0.2) is 0 Å². The molecule has 1 aromatic rings. The largest absolute Gasteiger partial charge is 0.326 e. The second-order valence-electron chi connectivity index (χ2n) is 7.06. The van der Waals surface area contributed by atoms with Crippen LogP contribution < -0.4 is 5.73 Å². The number of nitrogens with zero attached hydrogens (tertiary/aromatic N) is 1. The summed E-state index contributed by atoms with van der Waals surface area (Å²) in [5, 5.41) is 0. The number of nitrogens with two attached hydrogens (primary N) is 1. The molecule has 1 aliphatic heterocycles. The highest BCUT2D eigenvalue weighted by Crippen LogP contribution is 2.37. The number of hydrogen-bond donors (Lipinski definition) is 1. The van der Waals surface area contributed by atoms with Gasteiger partial charge in [-0.1, -0.05) is 51.1 Å². The van der Waals surface area contributed by atoms with E-state index >= 15 is 0 Å². The van der Waals surface area contributed by atoms with E-state index in [9.17, 15) is 0 Å². The van der Waals surface area contributed by atoms with Gasteiger partial charge in [-0.05, 0) is 36.8 Å². The Morgan fingerprint density at radius 2 is 1.84 bits per heavy atom. The van der Waals surface area contributed by atoms with E-state index < -0.39 is 0 Å². The molecule has 1 heterocycles. The van der Waals surface area contributed by atoms with E-state index in [-0.39, 0.29) is 6.04 Å². The molecule has 0 spiro atoms. The Balaban J connectivity index is 2.15. The molecule has 1 saturated heterocycles. The van der Waals surface area contributed by atoms with E-state index in [2.05, 4.69) is 62.9 Å². The van der Waals surface area contributed by atoms with Crippen molar-refractivity contribution in [1.82, 2.24) is 4.90 Å². The summed E-state index contributed by atoms with van der Waals surface area (Å²) in [6.07, 6.45) is 1.29. The van der Waals surface area contributed by atoms with Crippen LogP contribution >= 0.6 is 0 Å². The zero-order chi connectivity index (χ0) is 14.0. The first-order valence-electron chi connectivity index (χ1n) is 7.44. The highest BCUT2D eigenvalue weighted by molar-refractivity contribution is 5.21. The monoisotopic (exact) mass is 260 g/mol. The molecule has 3 atom stereocenters. The maximum atomic E-state index is 6.26. The Hall–Kier alpha value is -0.860. The van der Waals surface area contributed by atoms with Gasteiger partial charge in [0.15, 0.2) is 0 Å². The summed E-state index contributed by atoms with van der Waals surface area (Å²) in [6.45, 7) is 11.5. The zero-order valence-corrected chi connectivity index (χ0v) is 12.8. The number of likely N-dealkylation sites (tertiary alicyclic amines) is 1. The van der Waals surface area contributed by atoms with Gasteiger partial charge < -0.3 is 5.73 Å². The van der Waals surface area contributed by atoms with Gasteiger partial charge in [-0.2, -0.15) is 0 Å². The fourth-order valence-electron chi connectivity index (χ4n) is 3.24. The minimum Gasteiger partial charge on any atom is -0.326 e. The van der Waals surface area contributed by atoms with Crippen molar-refractivity contribution >= 4 is 0 Å². The van der Waals surface area contributed by atoms with Gasteiger partial charge in [-0.3, -0.25) is 4.90 Å². The van der Waals surface area contributed by atoms with Crippen molar-refractivity contribution in [1.29, 1.82) is 0 Å². The molecule has 2 heteroatoms. The SMILES string of the molecule is CC(N)C(c1ccccc1)N1CCC(C(C)(C)C)C1. The van der Waals surface area contributed by atoms with E-state index in [1.807, 2.05) is 0 Å². The highest BCUT2D eigenvalue weighted by Gasteiger charge is 2.36. The van der Waals surface area contributed by atoms with Gasteiger partial charge in [0.2, 0.25) is 0 Å². The first-order valence-corrected chi connectivity index (χ1v) is 7.44. The standard InChI is InChI=1S/C17H28N2/c1-13(18)16(14-8-6-5-7-9-14)19-11-10-15(12-19)17(2,3)4/h5-9,13,15-16H,10-12,18H2,1-4H3. The second kappa shape index (κ2) is 5.64. The van der Waals surface area contributed by atoms with Crippen LogP contribution in [0.4, 0.5) is 0 Å². The normalized spacial score (nSPS) is 24.4. The molecule has 19 heavy (non-hydrogen) atoms. The first kappa shape index (κ1) is 14.5. The van der Waals surface area contributed by atoms with E-state index in [4.69, 9.17) is 5.73 Å². The number of hydrogen-bond acceptors (Lipinski definition) is 2. The molecule has 0 radical (unpaired) electrons. The van der Waals surface area contributed by atoms with Crippen LogP contribution in [-0.2, 0) is 0 Å². The van der Waals surface area contributed by atoms with Crippen LogP contribution in [0.15, 0.2) is 30.3 Å². The Bertz CT molecular complexity index is 391. The number of rotatable bonds is 3. The van der Waals surface area contributed by atoms with Crippen molar-refractivity contribution in [3.8, 4) is 0 Å². The first-order chi connectivity index (χ1) is 8.89. The molecule has 106 valence electrons. The summed E-state index contributed by atoms with van der Waals surface area (Å²) < 4.78 is 0. The van der Waals surface area contributed by atoms with Crippen LogP contribution in [0.1, 0.15) is 45.7 Å². The molecule has 1 aromatic carbocycles. The molecule has 3 unspecified atom stereocenters. The average molecular weight is 260 g/mol. The lowest BCUT2D eigenvalue weighted by molar-refractivity contribution is 0.180. The fourth-order valence-corrected chi connectivity index (χ4v) is 3.24. The van der Waals surface area contributed by atoms with E-state index in [1.54, 1.807) is 0 Å². The Morgan fingerprint density at radius 1 is 1.21 bits per heavy atom. The molecule has 0 aliphatic carbocycles. The van der Waals surface area contributed by atoms with Crippen molar-refractivity contribution in [3.63, 3.8) is 0 Å². The van der Waals surface area contributed by atoms with Crippen LogP contribution in [0.5, 0.6) is 0 Å². The predicted octanol–water partition coefficient (Wildman–Crippen LogP) is 3.44. The van der Waals surface area contributed by atoms with Gasteiger partial charge in [0, 0.05) is 18.6 Å². The molecule has 0 bridgehead atoms.